The van der Waals surface area contributed by atoms with Crippen molar-refractivity contribution in [3.05, 3.63) is 46.9 Å². The predicted molar refractivity (Wildman–Crippen MR) is 121 cm³/mol. The molecule has 0 N–H and O–H groups in total. The van der Waals surface area contributed by atoms with Crippen molar-refractivity contribution in [2.45, 2.75) is 83.1 Å². The van der Waals surface area contributed by atoms with Gasteiger partial charge < -0.3 is 9.47 Å². The number of ether oxygens (including phenoxy) is 2. The quantitative estimate of drug-likeness (QED) is 0.373. The van der Waals surface area contributed by atoms with Crippen LogP contribution in [0, 0.1) is 23.7 Å². The maximum atomic E-state index is 15.2. The van der Waals surface area contributed by atoms with Crippen LogP contribution in [0.1, 0.15) is 64.7 Å². The first-order chi connectivity index (χ1) is 15.9. The van der Waals surface area contributed by atoms with Crippen LogP contribution in [-0.4, -0.2) is 32.1 Å². The van der Waals surface area contributed by atoms with Gasteiger partial charge in [0.05, 0.1) is 6.10 Å². The fourth-order valence-corrected chi connectivity index (χ4v) is 6.27. The molecule has 0 heterocycles. The van der Waals surface area contributed by atoms with Crippen LogP contribution >= 0.6 is 0 Å². The van der Waals surface area contributed by atoms with E-state index in [1.54, 1.807) is 20.1 Å². The summed E-state index contributed by atoms with van der Waals surface area (Å²) in [7, 11) is 1.70. The van der Waals surface area contributed by atoms with Gasteiger partial charge in [-0.15, -0.1) is 0 Å². The summed E-state index contributed by atoms with van der Waals surface area (Å²) in [6, 6.07) is 0. The van der Waals surface area contributed by atoms with Crippen molar-refractivity contribution >= 4 is 0 Å². The summed E-state index contributed by atoms with van der Waals surface area (Å²) in [4.78, 5) is 0. The van der Waals surface area contributed by atoms with Gasteiger partial charge in [-0.2, -0.15) is 0 Å². The highest BCUT2D eigenvalue weighted by Gasteiger charge is 2.40. The molecule has 33 heavy (non-hydrogen) atoms. The van der Waals surface area contributed by atoms with E-state index in [9.17, 15) is 8.78 Å². The van der Waals surface area contributed by atoms with E-state index < -0.39 is 35.7 Å². The molecule has 2 nitrogen and oxygen atoms in total. The molecule has 0 spiro atoms. The Balaban J connectivity index is 1.35. The van der Waals surface area contributed by atoms with Crippen molar-refractivity contribution in [1.29, 1.82) is 0 Å². The molecule has 6 heteroatoms. The molecule has 0 bridgehead atoms. The molecule has 2 fully saturated rings. The molecule has 4 aliphatic carbocycles. The van der Waals surface area contributed by atoms with Crippen LogP contribution in [0.25, 0.3) is 0 Å². The standard InChI is InChI=1S/C27H36F4O2/c1-3-33-23-15-14-22(26(30)27(23)31)17-6-4-16(5-7-17)20-12-13-21(25(29)24(20)28)18-8-10-19(32-2)11-9-18/h12-14,16-20,23-24H,3-11,15H2,1-2H3. The summed E-state index contributed by atoms with van der Waals surface area (Å²) in [5.41, 5.74) is 0.957. The topological polar surface area (TPSA) is 18.5 Å². The third kappa shape index (κ3) is 5.17. The van der Waals surface area contributed by atoms with Gasteiger partial charge in [-0.1, -0.05) is 18.2 Å². The molecule has 0 aliphatic heterocycles. The Kier molecular flexibility index (Phi) is 8.16. The van der Waals surface area contributed by atoms with Gasteiger partial charge in [0.25, 0.3) is 0 Å². The zero-order valence-electron chi connectivity index (χ0n) is 19.7. The molecular formula is C27H36F4O2. The van der Waals surface area contributed by atoms with Crippen LogP contribution in [0.5, 0.6) is 0 Å². The molecule has 4 rings (SSSR count). The van der Waals surface area contributed by atoms with E-state index in [0.29, 0.717) is 49.9 Å². The normalized spacial score (nSPS) is 38.0. The number of hydrogen-bond acceptors (Lipinski definition) is 2. The monoisotopic (exact) mass is 468 g/mol. The molecule has 3 atom stereocenters. The average molecular weight is 469 g/mol. The zero-order valence-corrected chi connectivity index (χ0v) is 19.7. The number of halogens is 4. The van der Waals surface area contributed by atoms with Crippen LogP contribution < -0.4 is 0 Å². The van der Waals surface area contributed by atoms with Gasteiger partial charge in [0, 0.05) is 19.6 Å². The lowest BCUT2D eigenvalue weighted by Gasteiger charge is -2.37. The molecular weight excluding hydrogens is 432 g/mol. The second-order valence-electron chi connectivity index (χ2n) is 9.96. The molecule has 0 aromatic heterocycles. The van der Waals surface area contributed by atoms with Crippen LogP contribution in [0.3, 0.4) is 0 Å². The first-order valence-corrected chi connectivity index (χ1v) is 12.6. The minimum Gasteiger partial charge on any atom is -0.381 e. The van der Waals surface area contributed by atoms with Gasteiger partial charge in [-0.25, -0.2) is 17.6 Å². The fraction of sp³-hybridized carbons (Fsp3) is 0.704. The van der Waals surface area contributed by atoms with Crippen molar-refractivity contribution < 1.29 is 27.0 Å². The number of hydrogen-bond donors (Lipinski definition) is 0. The lowest BCUT2D eigenvalue weighted by atomic mass is 9.69. The van der Waals surface area contributed by atoms with Crippen LogP contribution in [0.2, 0.25) is 0 Å². The molecule has 0 radical (unpaired) electrons. The highest BCUT2D eigenvalue weighted by Crippen LogP contribution is 2.46. The van der Waals surface area contributed by atoms with E-state index in [-0.39, 0.29) is 23.9 Å². The molecule has 0 aromatic carbocycles. The molecule has 0 amide bonds. The lowest BCUT2D eigenvalue weighted by molar-refractivity contribution is 0.0608. The van der Waals surface area contributed by atoms with E-state index in [2.05, 4.69) is 0 Å². The Bertz CT molecular complexity index is 814. The number of alkyl halides is 1. The summed E-state index contributed by atoms with van der Waals surface area (Å²) in [5.74, 6) is -2.68. The van der Waals surface area contributed by atoms with Crippen molar-refractivity contribution in [3.8, 4) is 0 Å². The summed E-state index contributed by atoms with van der Waals surface area (Å²) < 4.78 is 69.9. The third-order valence-corrected chi connectivity index (χ3v) is 8.22. The first-order valence-electron chi connectivity index (χ1n) is 12.6. The fourth-order valence-electron chi connectivity index (χ4n) is 6.27. The minimum atomic E-state index is -1.61. The predicted octanol–water partition coefficient (Wildman–Crippen LogP) is 7.63. The smallest absolute Gasteiger partial charge is 0.165 e. The van der Waals surface area contributed by atoms with Gasteiger partial charge in [0.1, 0.15) is 11.9 Å². The molecule has 3 unspecified atom stereocenters. The van der Waals surface area contributed by atoms with Crippen LogP contribution in [-0.2, 0) is 9.47 Å². The van der Waals surface area contributed by atoms with Crippen molar-refractivity contribution in [2.75, 3.05) is 13.7 Å². The van der Waals surface area contributed by atoms with Gasteiger partial charge in [-0.05, 0) is 93.6 Å². The third-order valence-electron chi connectivity index (χ3n) is 8.22. The molecule has 0 saturated heterocycles. The van der Waals surface area contributed by atoms with E-state index in [4.69, 9.17) is 9.47 Å². The van der Waals surface area contributed by atoms with Gasteiger partial charge in [0.2, 0.25) is 0 Å². The van der Waals surface area contributed by atoms with Crippen molar-refractivity contribution in [3.63, 3.8) is 0 Å². The van der Waals surface area contributed by atoms with E-state index >= 15 is 8.78 Å². The Morgan fingerprint density at radius 1 is 0.909 bits per heavy atom. The van der Waals surface area contributed by atoms with Crippen molar-refractivity contribution in [2.24, 2.45) is 23.7 Å². The van der Waals surface area contributed by atoms with Gasteiger partial charge in [-0.3, -0.25) is 0 Å². The average Bonchev–Trinajstić information content (AvgIpc) is 2.84. The van der Waals surface area contributed by atoms with Crippen LogP contribution in [0.15, 0.2) is 46.9 Å². The Labute approximate surface area is 194 Å². The highest BCUT2D eigenvalue weighted by atomic mass is 19.2. The van der Waals surface area contributed by atoms with E-state index in [1.165, 1.54) is 0 Å². The second kappa shape index (κ2) is 10.9. The Morgan fingerprint density at radius 2 is 1.58 bits per heavy atom. The number of methoxy groups -OCH3 is 1. The lowest BCUT2D eigenvalue weighted by Crippen LogP contribution is -2.32. The zero-order chi connectivity index (χ0) is 23.5. The summed E-state index contributed by atoms with van der Waals surface area (Å²) in [5, 5.41) is 0. The molecule has 4 aliphatic rings. The van der Waals surface area contributed by atoms with E-state index in [0.717, 1.165) is 25.7 Å². The Hall–Kier alpha value is -1.40. The number of allylic oxidation sites excluding steroid dienone is 6. The van der Waals surface area contributed by atoms with Gasteiger partial charge in [0.15, 0.2) is 17.8 Å². The SMILES string of the molecule is CCOC1CC=C(C2CCC(C3C=CC(C4CCC(OC)CC4)=C(F)C3F)CC2)C(F)=C1F. The highest BCUT2D eigenvalue weighted by molar-refractivity contribution is 5.36. The second-order valence-corrected chi connectivity index (χ2v) is 9.96. The molecule has 0 aromatic rings. The summed E-state index contributed by atoms with van der Waals surface area (Å²) in [6.45, 7) is 2.09. The van der Waals surface area contributed by atoms with Crippen LogP contribution in [0.4, 0.5) is 17.6 Å². The minimum absolute atomic E-state index is 0.0151. The maximum Gasteiger partial charge on any atom is 0.165 e. The largest absolute Gasteiger partial charge is 0.381 e. The Morgan fingerprint density at radius 3 is 2.21 bits per heavy atom. The maximum absolute atomic E-state index is 15.2. The summed E-state index contributed by atoms with van der Waals surface area (Å²) >= 11 is 0. The van der Waals surface area contributed by atoms with Gasteiger partial charge >= 0.3 is 0 Å². The summed E-state index contributed by atoms with van der Waals surface area (Å²) in [6.07, 6.45) is 9.64. The van der Waals surface area contributed by atoms with E-state index in [1.807, 2.05) is 12.2 Å². The van der Waals surface area contributed by atoms with Crippen molar-refractivity contribution in [1.82, 2.24) is 0 Å². The number of rotatable bonds is 6. The first kappa shape index (κ1) is 24.7. The molecule has 2 saturated carbocycles. The molecule has 184 valence electrons.